The Balaban J connectivity index is 2.31. The molecule has 0 spiro atoms. The molecule has 1 fully saturated rings. The second-order valence-corrected chi connectivity index (χ2v) is 4.95. The Hall–Kier alpha value is -1.38. The lowest BCUT2D eigenvalue weighted by molar-refractivity contribution is 0.556. The molecule has 2 aromatic rings. The normalized spacial score (nSPS) is 17.1. The number of halogens is 1. The van der Waals surface area contributed by atoms with E-state index in [9.17, 15) is 4.79 Å². The van der Waals surface area contributed by atoms with Crippen molar-refractivity contribution in [1.29, 1.82) is 0 Å². The second-order valence-electron chi connectivity index (χ2n) is 4.10. The zero-order valence-electron chi connectivity index (χ0n) is 8.46. The summed E-state index contributed by atoms with van der Waals surface area (Å²) in [6, 6.07) is 6.04. The summed E-state index contributed by atoms with van der Waals surface area (Å²) in [7, 11) is 0. The number of hydrogen-bond donors (Lipinski definition) is 1. The number of aromatic amines is 1. The Labute approximate surface area is 101 Å². The maximum atomic E-state index is 10.5. The maximum absolute atomic E-state index is 10.5. The highest BCUT2D eigenvalue weighted by atomic mass is 79.9. The SMILES string of the molecule is O=C=NC1(c2cccc3[nH]cc(Br)c23)CC1. The molecule has 1 heterocycles. The fourth-order valence-corrected chi connectivity index (χ4v) is 2.72. The van der Waals surface area contributed by atoms with Gasteiger partial charge in [-0.15, -0.1) is 0 Å². The van der Waals surface area contributed by atoms with Gasteiger partial charge >= 0.3 is 0 Å². The van der Waals surface area contributed by atoms with Crippen LogP contribution >= 0.6 is 15.9 Å². The fraction of sp³-hybridized carbons (Fsp3) is 0.250. The fourth-order valence-electron chi connectivity index (χ4n) is 2.18. The first-order valence-corrected chi connectivity index (χ1v) is 5.91. The molecule has 1 aliphatic rings. The molecular formula is C12H9BrN2O. The van der Waals surface area contributed by atoms with Gasteiger partial charge in [-0.3, -0.25) is 0 Å². The van der Waals surface area contributed by atoms with Crippen LogP contribution in [0, 0.1) is 0 Å². The van der Waals surface area contributed by atoms with Crippen molar-refractivity contribution in [2.75, 3.05) is 0 Å². The number of aliphatic imine (C=N–C) groups is 1. The summed E-state index contributed by atoms with van der Waals surface area (Å²) in [6.07, 6.45) is 5.47. The number of H-pyrrole nitrogens is 1. The summed E-state index contributed by atoms with van der Waals surface area (Å²) in [5, 5.41) is 1.12. The molecule has 0 aliphatic heterocycles. The maximum Gasteiger partial charge on any atom is 0.235 e. The Morgan fingerprint density at radius 1 is 1.44 bits per heavy atom. The van der Waals surface area contributed by atoms with Gasteiger partial charge in [0.1, 0.15) is 0 Å². The van der Waals surface area contributed by atoms with Crippen LogP contribution in [-0.4, -0.2) is 11.1 Å². The third-order valence-electron chi connectivity index (χ3n) is 3.14. The van der Waals surface area contributed by atoms with E-state index in [-0.39, 0.29) is 5.54 Å². The zero-order valence-corrected chi connectivity index (χ0v) is 10.0. The van der Waals surface area contributed by atoms with E-state index in [1.54, 1.807) is 6.08 Å². The lowest BCUT2D eigenvalue weighted by Crippen LogP contribution is -2.02. The minimum atomic E-state index is -0.314. The minimum Gasteiger partial charge on any atom is -0.360 e. The highest BCUT2D eigenvalue weighted by molar-refractivity contribution is 9.10. The second kappa shape index (κ2) is 3.30. The van der Waals surface area contributed by atoms with Crippen molar-refractivity contribution in [2.45, 2.75) is 18.4 Å². The summed E-state index contributed by atoms with van der Waals surface area (Å²) in [5.74, 6) is 0. The first kappa shape index (κ1) is 9.82. The van der Waals surface area contributed by atoms with E-state index in [4.69, 9.17) is 0 Å². The molecule has 0 radical (unpaired) electrons. The number of carbonyl (C=O) groups excluding carboxylic acids is 1. The Kier molecular flexibility index (Phi) is 2.03. The lowest BCUT2D eigenvalue weighted by atomic mass is 10.0. The van der Waals surface area contributed by atoms with E-state index in [0.717, 1.165) is 33.8 Å². The smallest absolute Gasteiger partial charge is 0.235 e. The predicted molar refractivity (Wildman–Crippen MR) is 65.0 cm³/mol. The summed E-state index contributed by atoms with van der Waals surface area (Å²) in [4.78, 5) is 17.6. The molecule has 4 heteroatoms. The molecule has 0 saturated heterocycles. The van der Waals surface area contributed by atoms with Crippen molar-refractivity contribution in [3.05, 3.63) is 34.4 Å². The van der Waals surface area contributed by atoms with Crippen LogP contribution in [-0.2, 0) is 10.3 Å². The van der Waals surface area contributed by atoms with E-state index < -0.39 is 0 Å². The van der Waals surface area contributed by atoms with Crippen molar-refractivity contribution in [2.24, 2.45) is 4.99 Å². The Morgan fingerprint density at radius 2 is 2.25 bits per heavy atom. The Bertz CT molecular complexity index is 607. The molecule has 1 aliphatic carbocycles. The van der Waals surface area contributed by atoms with Gasteiger partial charge in [0.15, 0.2) is 0 Å². The van der Waals surface area contributed by atoms with Crippen LogP contribution in [0.5, 0.6) is 0 Å². The topological polar surface area (TPSA) is 45.2 Å². The molecule has 16 heavy (non-hydrogen) atoms. The van der Waals surface area contributed by atoms with Gasteiger partial charge in [-0.2, -0.15) is 4.99 Å². The number of aromatic nitrogens is 1. The van der Waals surface area contributed by atoms with E-state index in [0.29, 0.717) is 0 Å². The van der Waals surface area contributed by atoms with Gasteiger partial charge in [0, 0.05) is 21.6 Å². The number of rotatable bonds is 2. The van der Waals surface area contributed by atoms with Gasteiger partial charge in [-0.25, -0.2) is 4.79 Å². The lowest BCUT2D eigenvalue weighted by Gasteiger charge is -2.09. The third-order valence-corrected chi connectivity index (χ3v) is 3.77. The van der Waals surface area contributed by atoms with E-state index in [2.05, 4.69) is 25.9 Å². The average molecular weight is 277 g/mol. The van der Waals surface area contributed by atoms with Crippen molar-refractivity contribution < 1.29 is 4.79 Å². The van der Waals surface area contributed by atoms with Crippen molar-refractivity contribution in [3.8, 4) is 0 Å². The number of benzene rings is 1. The van der Waals surface area contributed by atoms with E-state index >= 15 is 0 Å². The highest BCUT2D eigenvalue weighted by Gasteiger charge is 2.46. The van der Waals surface area contributed by atoms with Crippen LogP contribution in [0.3, 0.4) is 0 Å². The van der Waals surface area contributed by atoms with Crippen LogP contribution < -0.4 is 0 Å². The molecule has 1 saturated carbocycles. The largest absolute Gasteiger partial charge is 0.360 e. The summed E-state index contributed by atoms with van der Waals surface area (Å²) in [6.45, 7) is 0. The molecule has 3 nitrogen and oxygen atoms in total. The van der Waals surface area contributed by atoms with Gasteiger partial charge in [0.05, 0.1) is 5.54 Å². The standard InChI is InChI=1S/C12H9BrN2O/c13-9-6-14-10-3-1-2-8(11(9)10)12(4-5-12)15-7-16/h1-3,6,14H,4-5H2. The van der Waals surface area contributed by atoms with Crippen molar-refractivity contribution in [1.82, 2.24) is 4.98 Å². The molecule has 1 N–H and O–H groups in total. The van der Waals surface area contributed by atoms with Crippen LogP contribution in [0.1, 0.15) is 18.4 Å². The molecule has 0 bridgehead atoms. The average Bonchev–Trinajstić information content (AvgIpc) is 2.98. The Morgan fingerprint density at radius 3 is 2.94 bits per heavy atom. The number of nitrogens with zero attached hydrogens (tertiary/aromatic N) is 1. The van der Waals surface area contributed by atoms with Gasteiger partial charge in [0.25, 0.3) is 0 Å². The molecule has 80 valence electrons. The first-order chi connectivity index (χ1) is 7.77. The summed E-state index contributed by atoms with van der Waals surface area (Å²) < 4.78 is 1.02. The van der Waals surface area contributed by atoms with Gasteiger partial charge in [-0.1, -0.05) is 12.1 Å². The van der Waals surface area contributed by atoms with Gasteiger partial charge < -0.3 is 4.98 Å². The number of nitrogens with one attached hydrogen (secondary N) is 1. The molecule has 1 aromatic heterocycles. The number of hydrogen-bond acceptors (Lipinski definition) is 2. The van der Waals surface area contributed by atoms with Crippen LogP contribution in [0.15, 0.2) is 33.9 Å². The summed E-state index contributed by atoms with van der Waals surface area (Å²) >= 11 is 3.52. The minimum absolute atomic E-state index is 0.314. The first-order valence-electron chi connectivity index (χ1n) is 5.12. The van der Waals surface area contributed by atoms with Crippen LogP contribution in [0.25, 0.3) is 10.9 Å². The zero-order chi connectivity index (χ0) is 11.2. The van der Waals surface area contributed by atoms with Gasteiger partial charge in [-0.05, 0) is 40.4 Å². The molecule has 1 aromatic carbocycles. The van der Waals surface area contributed by atoms with Crippen LogP contribution in [0.4, 0.5) is 0 Å². The molecule has 0 unspecified atom stereocenters. The highest BCUT2D eigenvalue weighted by Crippen LogP contribution is 2.52. The van der Waals surface area contributed by atoms with Crippen molar-refractivity contribution in [3.63, 3.8) is 0 Å². The quantitative estimate of drug-likeness (QED) is 0.664. The summed E-state index contributed by atoms with van der Waals surface area (Å²) in [5.41, 5.74) is 1.87. The molecule has 0 atom stereocenters. The molecule has 0 amide bonds. The van der Waals surface area contributed by atoms with Crippen molar-refractivity contribution >= 4 is 32.9 Å². The number of isocyanates is 1. The monoisotopic (exact) mass is 276 g/mol. The van der Waals surface area contributed by atoms with Crippen LogP contribution in [0.2, 0.25) is 0 Å². The molecular weight excluding hydrogens is 268 g/mol. The van der Waals surface area contributed by atoms with Gasteiger partial charge in [0.2, 0.25) is 6.08 Å². The third kappa shape index (κ3) is 1.27. The predicted octanol–water partition coefficient (Wildman–Crippen LogP) is 3.26. The molecule has 3 rings (SSSR count). The van der Waals surface area contributed by atoms with E-state index in [1.807, 2.05) is 24.4 Å². The number of fused-ring (bicyclic) bond motifs is 1. The van der Waals surface area contributed by atoms with E-state index in [1.165, 1.54) is 0 Å².